The summed E-state index contributed by atoms with van der Waals surface area (Å²) in [6.45, 7) is 4.78. The number of thiophene rings is 1. The van der Waals surface area contributed by atoms with E-state index in [1.165, 1.54) is 108 Å². The summed E-state index contributed by atoms with van der Waals surface area (Å²) >= 11 is 1.94. The van der Waals surface area contributed by atoms with E-state index in [0.29, 0.717) is 0 Å². The van der Waals surface area contributed by atoms with Crippen molar-refractivity contribution in [2.45, 2.75) is 19.3 Å². The fourth-order valence-corrected chi connectivity index (χ4v) is 10.5. The second kappa shape index (κ2) is 11.0. The van der Waals surface area contributed by atoms with E-state index in [4.69, 9.17) is 0 Å². The monoisotopic (exact) mass is 678 g/mol. The molecule has 9 aromatic carbocycles. The Morgan fingerprint density at radius 3 is 1.63 bits per heavy atom. The van der Waals surface area contributed by atoms with Crippen LogP contribution in [0.1, 0.15) is 25.0 Å². The molecule has 0 N–H and O–H groups in total. The van der Waals surface area contributed by atoms with Crippen LogP contribution in [0.15, 0.2) is 170 Å². The molecule has 0 radical (unpaired) electrons. The van der Waals surface area contributed by atoms with Crippen molar-refractivity contribution in [3.05, 3.63) is 181 Å². The molecule has 0 spiro atoms. The first-order chi connectivity index (χ1) is 25.6. The summed E-state index contributed by atoms with van der Waals surface area (Å²) in [6, 6.07) is 63.4. The molecular formula is C51H34S. The lowest BCUT2D eigenvalue weighted by molar-refractivity contribution is 0.661. The first kappa shape index (κ1) is 29.7. The van der Waals surface area contributed by atoms with Crippen LogP contribution in [0.5, 0.6) is 0 Å². The zero-order valence-corrected chi connectivity index (χ0v) is 29.9. The summed E-state index contributed by atoms with van der Waals surface area (Å²) in [7, 11) is 0. The summed E-state index contributed by atoms with van der Waals surface area (Å²) < 4.78 is 2.74. The van der Waals surface area contributed by atoms with Crippen molar-refractivity contribution in [2.75, 3.05) is 0 Å². The third kappa shape index (κ3) is 4.15. The molecule has 0 unspecified atom stereocenters. The molecule has 0 saturated heterocycles. The highest BCUT2D eigenvalue weighted by molar-refractivity contribution is 7.26. The van der Waals surface area contributed by atoms with Crippen molar-refractivity contribution in [1.82, 2.24) is 0 Å². The summed E-state index contributed by atoms with van der Waals surface area (Å²) in [6.07, 6.45) is 0. The maximum absolute atomic E-state index is 2.51. The third-order valence-electron chi connectivity index (χ3n) is 11.6. The average Bonchev–Trinajstić information content (AvgIpc) is 3.69. The van der Waals surface area contributed by atoms with E-state index >= 15 is 0 Å². The van der Waals surface area contributed by atoms with E-state index in [2.05, 4.69) is 184 Å². The lowest BCUT2D eigenvalue weighted by Crippen LogP contribution is -2.14. The van der Waals surface area contributed by atoms with Crippen molar-refractivity contribution >= 4 is 63.8 Å². The van der Waals surface area contributed by atoms with Gasteiger partial charge in [-0.15, -0.1) is 11.3 Å². The number of benzene rings is 9. The molecule has 0 nitrogen and oxygen atoms in total. The number of hydrogen-bond donors (Lipinski definition) is 0. The second-order valence-corrected chi connectivity index (χ2v) is 15.9. The van der Waals surface area contributed by atoms with Gasteiger partial charge in [0.2, 0.25) is 0 Å². The first-order valence-corrected chi connectivity index (χ1v) is 19.0. The van der Waals surface area contributed by atoms with Crippen molar-refractivity contribution < 1.29 is 0 Å². The largest absolute Gasteiger partial charge is 0.134 e. The van der Waals surface area contributed by atoms with Crippen LogP contribution in [0.4, 0.5) is 0 Å². The fourth-order valence-electron chi connectivity index (χ4n) is 9.19. The van der Waals surface area contributed by atoms with Gasteiger partial charge in [-0.3, -0.25) is 0 Å². The van der Waals surface area contributed by atoms with E-state index < -0.39 is 0 Å². The third-order valence-corrected chi connectivity index (χ3v) is 12.8. The molecule has 1 heterocycles. The van der Waals surface area contributed by atoms with E-state index in [1.807, 2.05) is 11.3 Å². The number of rotatable bonds is 3. The quantitative estimate of drug-likeness (QED) is 0.163. The van der Waals surface area contributed by atoms with Crippen LogP contribution in [0.3, 0.4) is 0 Å². The van der Waals surface area contributed by atoms with Crippen molar-refractivity contribution in [3.63, 3.8) is 0 Å². The van der Waals surface area contributed by atoms with Crippen molar-refractivity contribution in [2.24, 2.45) is 0 Å². The minimum Gasteiger partial charge on any atom is -0.134 e. The smallest absolute Gasteiger partial charge is 0.0443 e. The molecule has 0 bridgehead atoms. The molecule has 0 fully saturated rings. The zero-order valence-electron chi connectivity index (χ0n) is 29.1. The van der Waals surface area contributed by atoms with Gasteiger partial charge in [0.1, 0.15) is 0 Å². The topological polar surface area (TPSA) is 0 Å². The predicted octanol–water partition coefficient (Wildman–Crippen LogP) is 14.8. The van der Waals surface area contributed by atoms with Gasteiger partial charge in [0, 0.05) is 31.2 Å². The average molecular weight is 679 g/mol. The van der Waals surface area contributed by atoms with Crippen LogP contribution in [-0.4, -0.2) is 0 Å². The van der Waals surface area contributed by atoms with Crippen LogP contribution in [-0.2, 0) is 5.41 Å². The van der Waals surface area contributed by atoms with Gasteiger partial charge in [-0.05, 0) is 101 Å². The molecule has 11 rings (SSSR count). The highest BCUT2D eigenvalue weighted by Gasteiger charge is 2.37. The molecule has 1 aromatic heterocycles. The fraction of sp³-hybridized carbons (Fsp3) is 0.0588. The lowest BCUT2D eigenvalue weighted by atomic mass is 9.81. The SMILES string of the molecule is CC1(C)c2ccccc2-c2c1cc(-c1ccc(-c3c4ccccc4c(-c4ccc5ccccc5c4)c4ccccc34)cc1)c1c2sc2ccccc21. The summed E-state index contributed by atoms with van der Waals surface area (Å²) in [5, 5.41) is 10.4. The first-order valence-electron chi connectivity index (χ1n) is 18.2. The summed E-state index contributed by atoms with van der Waals surface area (Å²) in [4.78, 5) is 0. The molecule has 1 aliphatic carbocycles. The lowest BCUT2D eigenvalue weighted by Gasteiger charge is -2.22. The van der Waals surface area contributed by atoms with Gasteiger partial charge < -0.3 is 0 Å². The van der Waals surface area contributed by atoms with E-state index in [9.17, 15) is 0 Å². The Kier molecular flexibility index (Phi) is 6.27. The standard InChI is InChI=1S/C51H34S/c1-51(2)43-21-11-9-19-40(43)49-44(51)30-42(48-41-20-10-12-22-45(41)52-50(48)49)32-24-26-33(27-25-32)46-36-15-5-7-17-38(36)47(39-18-8-6-16-37(39)46)35-28-23-31-13-3-4-14-34(31)29-35/h3-30H,1-2H3. The van der Waals surface area contributed by atoms with Gasteiger partial charge in [0.25, 0.3) is 0 Å². The zero-order chi connectivity index (χ0) is 34.6. The predicted molar refractivity (Wildman–Crippen MR) is 226 cm³/mol. The second-order valence-electron chi connectivity index (χ2n) is 14.8. The molecule has 0 amide bonds. The minimum atomic E-state index is -0.0738. The van der Waals surface area contributed by atoms with Crippen LogP contribution in [0.2, 0.25) is 0 Å². The Balaban J connectivity index is 1.13. The Hall–Kier alpha value is -6.02. The maximum atomic E-state index is 2.51. The van der Waals surface area contributed by atoms with Gasteiger partial charge in [-0.1, -0.05) is 166 Å². The minimum absolute atomic E-state index is 0.0738. The van der Waals surface area contributed by atoms with Crippen LogP contribution < -0.4 is 0 Å². The number of fused-ring (bicyclic) bond motifs is 10. The van der Waals surface area contributed by atoms with E-state index in [-0.39, 0.29) is 5.41 Å². The van der Waals surface area contributed by atoms with Gasteiger partial charge >= 0.3 is 0 Å². The van der Waals surface area contributed by atoms with E-state index in [0.717, 1.165) is 0 Å². The Bertz CT molecular complexity index is 3030. The van der Waals surface area contributed by atoms with Crippen molar-refractivity contribution in [3.8, 4) is 44.5 Å². The maximum Gasteiger partial charge on any atom is 0.0443 e. The Morgan fingerprint density at radius 2 is 0.923 bits per heavy atom. The number of hydrogen-bond acceptors (Lipinski definition) is 1. The molecule has 1 heteroatoms. The molecular weight excluding hydrogens is 645 g/mol. The molecule has 0 aliphatic heterocycles. The van der Waals surface area contributed by atoms with Crippen LogP contribution >= 0.6 is 11.3 Å². The normalized spacial score (nSPS) is 13.3. The summed E-state index contributed by atoms with van der Waals surface area (Å²) in [5.74, 6) is 0. The molecule has 10 aromatic rings. The highest BCUT2D eigenvalue weighted by atomic mass is 32.1. The summed E-state index contributed by atoms with van der Waals surface area (Å²) in [5.41, 5.74) is 13.2. The van der Waals surface area contributed by atoms with Gasteiger partial charge in [-0.2, -0.15) is 0 Å². The highest BCUT2D eigenvalue weighted by Crippen LogP contribution is 2.56. The van der Waals surface area contributed by atoms with Gasteiger partial charge in [0.05, 0.1) is 0 Å². The van der Waals surface area contributed by atoms with E-state index in [1.54, 1.807) is 0 Å². The molecule has 52 heavy (non-hydrogen) atoms. The Labute approximate surface area is 307 Å². The van der Waals surface area contributed by atoms with Crippen molar-refractivity contribution in [1.29, 1.82) is 0 Å². The molecule has 244 valence electrons. The van der Waals surface area contributed by atoms with Crippen LogP contribution in [0.25, 0.3) is 97.0 Å². The van der Waals surface area contributed by atoms with Gasteiger partial charge in [-0.25, -0.2) is 0 Å². The molecule has 1 aliphatic rings. The molecule has 0 atom stereocenters. The van der Waals surface area contributed by atoms with Crippen LogP contribution in [0, 0.1) is 0 Å². The van der Waals surface area contributed by atoms with Gasteiger partial charge in [0.15, 0.2) is 0 Å². The molecule has 0 saturated carbocycles. The Morgan fingerprint density at radius 1 is 0.385 bits per heavy atom.